The Morgan fingerprint density at radius 3 is 2.28 bits per heavy atom. The largest absolute Gasteiger partial charge is 0.493 e. The fourth-order valence-electron chi connectivity index (χ4n) is 8.96. The van der Waals surface area contributed by atoms with Crippen molar-refractivity contribution < 1.29 is 33.8 Å². The van der Waals surface area contributed by atoms with Crippen molar-refractivity contribution in [1.29, 1.82) is 5.26 Å². The van der Waals surface area contributed by atoms with Gasteiger partial charge in [0.05, 0.1) is 51.7 Å². The summed E-state index contributed by atoms with van der Waals surface area (Å²) in [5.41, 5.74) is 4.62. The Morgan fingerprint density at radius 1 is 1.01 bits per heavy atom. The van der Waals surface area contributed by atoms with Gasteiger partial charge in [-0.25, -0.2) is 4.98 Å². The molecule has 67 heavy (non-hydrogen) atoms. The number of hydrogen-bond acceptors (Lipinski definition) is 11. The lowest BCUT2D eigenvalue weighted by Crippen LogP contribution is -2.58. The summed E-state index contributed by atoms with van der Waals surface area (Å²) in [6, 6.07) is 20.4. The van der Waals surface area contributed by atoms with Gasteiger partial charge in [0, 0.05) is 25.2 Å². The molecular weight excluding hydrogens is 910 g/mol. The summed E-state index contributed by atoms with van der Waals surface area (Å²) in [4.78, 5) is 64.5. The molecule has 2 saturated heterocycles. The number of anilines is 2. The maximum atomic E-state index is 14.1. The molecule has 3 aliphatic rings. The molecule has 17 heteroatoms. The number of aliphatic hydroxyl groups is 1. The number of benzene rings is 3. The highest BCUT2D eigenvalue weighted by Crippen LogP contribution is 2.38. The van der Waals surface area contributed by atoms with Gasteiger partial charge in [0.15, 0.2) is 5.11 Å². The number of hydrogen-bond donors (Lipinski definition) is 3. The van der Waals surface area contributed by atoms with E-state index >= 15 is 0 Å². The Balaban J connectivity index is 0.837. The number of ether oxygens (including phenoxy) is 2. The Morgan fingerprint density at radius 2 is 1.67 bits per heavy atom. The van der Waals surface area contributed by atoms with Gasteiger partial charge in [0.1, 0.15) is 36.0 Å². The minimum Gasteiger partial charge on any atom is -0.493 e. The maximum absolute atomic E-state index is 14.1. The fraction of sp³-hybridized carbons (Fsp3) is 0.460. The second-order valence-electron chi connectivity index (χ2n) is 19.2. The van der Waals surface area contributed by atoms with Crippen molar-refractivity contribution in [1.82, 2.24) is 20.5 Å². The summed E-state index contributed by atoms with van der Waals surface area (Å²) in [6.07, 6.45) is 2.98. The predicted molar refractivity (Wildman–Crippen MR) is 263 cm³/mol. The maximum Gasteiger partial charge on any atom is 0.259 e. The number of amides is 4. The number of nitriles is 1. The van der Waals surface area contributed by atoms with Gasteiger partial charge < -0.3 is 35.0 Å². The number of likely N-dealkylation sites (tertiary alicyclic amines) is 1. The summed E-state index contributed by atoms with van der Waals surface area (Å²) >= 11 is 13.7. The van der Waals surface area contributed by atoms with E-state index in [1.165, 1.54) is 9.80 Å². The molecule has 3 N–H and O–H groups in total. The molecule has 2 aliphatic heterocycles. The Hall–Kier alpha value is -5.44. The van der Waals surface area contributed by atoms with Crippen molar-refractivity contribution in [3.8, 4) is 22.3 Å². The number of β-amino-alcohol motifs (C(OH)–C–C–N with tert-alkyl or cyclic N) is 1. The summed E-state index contributed by atoms with van der Waals surface area (Å²) in [5.74, 6) is -0.0740. The number of carbonyl (C=O) groups is 4. The highest BCUT2D eigenvalue weighted by molar-refractivity contribution is 7.81. The number of aryl methyl sites for hydroxylation is 1. The topological polar surface area (TPSA) is 177 Å². The normalized spacial score (nSPS) is 21.0. The molecular formula is C50H58ClN7O7S2. The van der Waals surface area contributed by atoms with Crippen molar-refractivity contribution in [3.05, 3.63) is 94.1 Å². The zero-order valence-electron chi connectivity index (χ0n) is 38.7. The summed E-state index contributed by atoms with van der Waals surface area (Å²) in [7, 11) is 0. The van der Waals surface area contributed by atoms with Gasteiger partial charge in [0.2, 0.25) is 17.7 Å². The lowest BCUT2D eigenvalue weighted by Gasteiger charge is -2.35. The van der Waals surface area contributed by atoms with Crippen LogP contribution in [0.1, 0.15) is 83.5 Å². The first-order valence-electron chi connectivity index (χ1n) is 22.6. The second kappa shape index (κ2) is 20.8. The van der Waals surface area contributed by atoms with Crippen LogP contribution in [-0.2, 0) is 30.5 Å². The third-order valence-corrected chi connectivity index (χ3v) is 14.5. The van der Waals surface area contributed by atoms with E-state index in [9.17, 15) is 29.5 Å². The van der Waals surface area contributed by atoms with E-state index in [1.807, 2.05) is 107 Å². The van der Waals surface area contributed by atoms with E-state index in [2.05, 4.69) is 15.6 Å². The van der Waals surface area contributed by atoms with E-state index in [1.54, 1.807) is 29.5 Å². The average Bonchev–Trinajstić information content (AvgIpc) is 3.96. The SMILES string of the molecule is Cc1ncsc1-c1ccc(CNC(=O)[C@@H]2C[C@@H](O)CN2C(=O)[C@@H](NC(=O)COCC2CCC(COc3ccc(N4C(=S)N(c5ccc(C#N)c(Cl)c5)C(=O)C4(C)C)cc3)CC2)C(C)(C)C)cc1. The molecule has 1 aliphatic carbocycles. The molecule has 3 heterocycles. The lowest BCUT2D eigenvalue weighted by molar-refractivity contribution is -0.144. The van der Waals surface area contributed by atoms with Crippen molar-refractivity contribution >= 4 is 75.3 Å². The van der Waals surface area contributed by atoms with Crippen LogP contribution in [-0.4, -0.2) is 93.8 Å². The van der Waals surface area contributed by atoms with Gasteiger partial charge in [-0.2, -0.15) is 5.26 Å². The Labute approximate surface area is 406 Å². The molecule has 4 aromatic rings. The zero-order chi connectivity index (χ0) is 48.2. The Bertz CT molecular complexity index is 2510. The number of nitrogens with zero attached hydrogens (tertiary/aromatic N) is 5. The number of thiocarbonyl (C=S) groups is 1. The number of aromatic nitrogens is 1. The number of carbonyl (C=O) groups excluding carboxylic acids is 4. The van der Waals surface area contributed by atoms with Crippen LogP contribution in [0.3, 0.4) is 0 Å². The number of rotatable bonds is 15. The smallest absolute Gasteiger partial charge is 0.259 e. The number of thiazole rings is 1. The minimum absolute atomic E-state index is 0.00717. The molecule has 1 aromatic heterocycles. The summed E-state index contributed by atoms with van der Waals surface area (Å²) in [6.45, 7) is 12.2. The van der Waals surface area contributed by atoms with Crippen LogP contribution in [0.2, 0.25) is 5.02 Å². The first-order chi connectivity index (χ1) is 31.8. The molecule has 14 nitrogen and oxygen atoms in total. The molecule has 3 fully saturated rings. The van der Waals surface area contributed by atoms with Crippen LogP contribution in [0.5, 0.6) is 5.75 Å². The van der Waals surface area contributed by atoms with E-state index in [0.29, 0.717) is 41.2 Å². The van der Waals surface area contributed by atoms with Gasteiger partial charge in [-0.1, -0.05) is 56.6 Å². The van der Waals surface area contributed by atoms with E-state index in [0.717, 1.165) is 53.1 Å². The number of aliphatic hydroxyl groups excluding tert-OH is 1. The van der Waals surface area contributed by atoms with Crippen molar-refractivity contribution in [2.45, 2.75) is 104 Å². The molecule has 4 amide bonds. The van der Waals surface area contributed by atoms with Gasteiger partial charge in [-0.05, 0) is 130 Å². The second-order valence-corrected chi connectivity index (χ2v) is 20.9. The molecule has 7 rings (SSSR count). The number of halogens is 1. The third kappa shape index (κ3) is 11.3. The van der Waals surface area contributed by atoms with Gasteiger partial charge in [0.25, 0.3) is 5.91 Å². The zero-order valence-corrected chi connectivity index (χ0v) is 41.1. The van der Waals surface area contributed by atoms with E-state index in [4.69, 9.17) is 33.3 Å². The predicted octanol–water partition coefficient (Wildman–Crippen LogP) is 7.57. The van der Waals surface area contributed by atoms with Crippen molar-refractivity contribution in [2.75, 3.05) is 36.2 Å². The van der Waals surface area contributed by atoms with E-state index in [-0.39, 0.29) is 48.9 Å². The van der Waals surface area contributed by atoms with Crippen LogP contribution < -0.4 is 25.2 Å². The molecule has 0 unspecified atom stereocenters. The Kier molecular flexibility index (Phi) is 15.4. The standard InChI is InChI=1S/C50H58ClN7O7S2/c1-30-43(67-29-54-30)34-13-11-31(12-14-34)24-53-45(61)41-22-38(59)25-56(41)46(62)44(49(2,3)4)55-42(60)28-64-26-32-7-9-33(10-8-32)27-65-39-19-17-36(18-20-39)58-48(66)57(47(63)50(58,5)6)37-16-15-35(23-52)40(51)21-37/h11-21,29,32-33,38,41,44,59H,7-10,22,24-28H2,1-6H3,(H,53,61)(H,55,60)/t32?,33?,38-,41+,44-/m1/s1. The summed E-state index contributed by atoms with van der Waals surface area (Å²) < 4.78 is 12.1. The monoisotopic (exact) mass is 967 g/mol. The molecule has 3 atom stereocenters. The molecule has 3 aromatic carbocycles. The molecule has 354 valence electrons. The summed E-state index contributed by atoms with van der Waals surface area (Å²) in [5, 5.41) is 26.3. The molecule has 0 bridgehead atoms. The van der Waals surface area contributed by atoms with Gasteiger partial charge >= 0.3 is 0 Å². The highest BCUT2D eigenvalue weighted by atomic mass is 35.5. The quantitative estimate of drug-likeness (QED) is 0.100. The minimum atomic E-state index is -0.971. The van der Waals surface area contributed by atoms with Crippen LogP contribution in [0.15, 0.2) is 72.2 Å². The lowest BCUT2D eigenvalue weighted by atomic mass is 9.83. The highest BCUT2D eigenvalue weighted by Gasteiger charge is 2.50. The van der Waals surface area contributed by atoms with Crippen molar-refractivity contribution in [2.24, 2.45) is 17.3 Å². The molecule has 0 radical (unpaired) electrons. The molecule has 1 saturated carbocycles. The number of nitrogens with one attached hydrogen (secondary N) is 2. The first kappa shape index (κ1) is 49.5. The molecule has 0 spiro atoms. The van der Waals surface area contributed by atoms with Crippen LogP contribution >= 0.6 is 35.2 Å². The first-order valence-corrected chi connectivity index (χ1v) is 24.3. The third-order valence-electron chi connectivity index (χ3n) is 12.8. The van der Waals surface area contributed by atoms with E-state index < -0.39 is 41.0 Å². The van der Waals surface area contributed by atoms with Crippen LogP contribution in [0.4, 0.5) is 11.4 Å². The van der Waals surface area contributed by atoms with Crippen LogP contribution in [0, 0.1) is 35.5 Å². The van der Waals surface area contributed by atoms with Crippen molar-refractivity contribution in [3.63, 3.8) is 0 Å². The van der Waals surface area contributed by atoms with Gasteiger partial charge in [-0.15, -0.1) is 11.3 Å². The van der Waals surface area contributed by atoms with Gasteiger partial charge in [-0.3, -0.25) is 24.1 Å². The fourth-order valence-corrected chi connectivity index (χ4v) is 10.5. The van der Waals surface area contributed by atoms with Crippen LogP contribution in [0.25, 0.3) is 10.4 Å². The average molecular weight is 969 g/mol.